The van der Waals surface area contributed by atoms with E-state index >= 15 is 0 Å². The Labute approximate surface area is 127 Å². The van der Waals surface area contributed by atoms with Gasteiger partial charge in [-0.25, -0.2) is 12.8 Å². The van der Waals surface area contributed by atoms with Gasteiger partial charge >= 0.3 is 0 Å². The van der Waals surface area contributed by atoms with Crippen LogP contribution in [0, 0.1) is 24.1 Å². The van der Waals surface area contributed by atoms with Gasteiger partial charge in [-0.3, -0.25) is 4.72 Å². The summed E-state index contributed by atoms with van der Waals surface area (Å²) in [7, 11) is -4.16. The minimum atomic E-state index is -4.16. The second-order valence-electron chi connectivity index (χ2n) is 4.60. The van der Waals surface area contributed by atoms with Crippen LogP contribution in [-0.4, -0.2) is 13.5 Å². The van der Waals surface area contributed by atoms with Crippen molar-refractivity contribution in [2.24, 2.45) is 0 Å². The Hall–Kier alpha value is -2.43. The van der Waals surface area contributed by atoms with Gasteiger partial charge in [-0.2, -0.15) is 5.26 Å². The first-order chi connectivity index (χ1) is 10.4. The highest BCUT2D eigenvalue weighted by Gasteiger charge is 2.22. The molecule has 0 saturated heterocycles. The van der Waals surface area contributed by atoms with Gasteiger partial charge in [0.05, 0.1) is 17.9 Å². The fourth-order valence-corrected chi connectivity index (χ4v) is 3.35. The molecule has 0 aliphatic rings. The van der Waals surface area contributed by atoms with Crippen molar-refractivity contribution in [3.63, 3.8) is 0 Å². The molecule has 5 nitrogen and oxygen atoms in total. The average molecular weight is 320 g/mol. The Morgan fingerprint density at radius 1 is 1.27 bits per heavy atom. The maximum atomic E-state index is 13.8. The summed E-state index contributed by atoms with van der Waals surface area (Å²) in [6, 6.07) is 10.1. The molecule has 0 radical (unpaired) electrons. The SMILES string of the molecule is Cc1cccc(S(=O)(=O)Nc2c(F)cccc2CO)c1C#N. The van der Waals surface area contributed by atoms with Crippen molar-refractivity contribution in [2.45, 2.75) is 18.4 Å². The number of hydrogen-bond acceptors (Lipinski definition) is 4. The van der Waals surface area contributed by atoms with Crippen LogP contribution in [0.5, 0.6) is 0 Å². The molecule has 0 aromatic heterocycles. The smallest absolute Gasteiger partial charge is 0.263 e. The molecule has 0 spiro atoms. The average Bonchev–Trinajstić information content (AvgIpc) is 2.49. The molecule has 0 fully saturated rings. The predicted molar refractivity (Wildman–Crippen MR) is 79.0 cm³/mol. The summed E-state index contributed by atoms with van der Waals surface area (Å²) in [5.74, 6) is -0.804. The van der Waals surface area contributed by atoms with Gasteiger partial charge in [0.25, 0.3) is 10.0 Å². The third-order valence-electron chi connectivity index (χ3n) is 3.14. The van der Waals surface area contributed by atoms with Gasteiger partial charge in [0, 0.05) is 5.56 Å². The summed E-state index contributed by atoms with van der Waals surface area (Å²) in [4.78, 5) is -0.234. The monoisotopic (exact) mass is 320 g/mol. The standard InChI is InChI=1S/C15H13FN2O3S/c1-10-4-2-7-14(12(10)8-17)22(20,21)18-15-11(9-19)5-3-6-13(15)16/h2-7,18-19H,9H2,1H3. The lowest BCUT2D eigenvalue weighted by molar-refractivity contribution is 0.282. The molecule has 0 atom stereocenters. The van der Waals surface area contributed by atoms with Crippen LogP contribution >= 0.6 is 0 Å². The van der Waals surface area contributed by atoms with E-state index in [0.717, 1.165) is 6.07 Å². The van der Waals surface area contributed by atoms with E-state index in [1.165, 1.54) is 24.3 Å². The lowest BCUT2D eigenvalue weighted by Crippen LogP contribution is -2.17. The lowest BCUT2D eigenvalue weighted by Gasteiger charge is -2.13. The van der Waals surface area contributed by atoms with Gasteiger partial charge in [-0.15, -0.1) is 0 Å². The van der Waals surface area contributed by atoms with Crippen molar-refractivity contribution >= 4 is 15.7 Å². The minimum Gasteiger partial charge on any atom is -0.392 e. The van der Waals surface area contributed by atoms with Crippen molar-refractivity contribution < 1.29 is 17.9 Å². The Morgan fingerprint density at radius 3 is 2.59 bits per heavy atom. The second kappa shape index (κ2) is 6.13. The number of benzene rings is 2. The number of nitriles is 1. The molecule has 0 unspecified atom stereocenters. The molecule has 0 heterocycles. The van der Waals surface area contributed by atoms with Crippen molar-refractivity contribution in [1.29, 1.82) is 5.26 Å². The second-order valence-corrected chi connectivity index (χ2v) is 6.25. The van der Waals surface area contributed by atoms with Crippen LogP contribution in [-0.2, 0) is 16.6 Å². The number of rotatable bonds is 4. The highest BCUT2D eigenvalue weighted by Crippen LogP contribution is 2.26. The molecule has 7 heteroatoms. The maximum absolute atomic E-state index is 13.8. The first-order valence-corrected chi connectivity index (χ1v) is 7.80. The molecule has 2 aromatic rings. The number of nitrogens with zero attached hydrogens (tertiary/aromatic N) is 1. The molecule has 2 aromatic carbocycles. The number of hydrogen-bond donors (Lipinski definition) is 2. The highest BCUT2D eigenvalue weighted by molar-refractivity contribution is 7.92. The Balaban J connectivity index is 2.55. The Morgan fingerprint density at radius 2 is 1.95 bits per heavy atom. The first-order valence-electron chi connectivity index (χ1n) is 6.31. The van der Waals surface area contributed by atoms with E-state index in [1.807, 2.05) is 6.07 Å². The first kappa shape index (κ1) is 15.9. The van der Waals surface area contributed by atoms with E-state index in [2.05, 4.69) is 4.72 Å². The molecular weight excluding hydrogens is 307 g/mol. The van der Waals surface area contributed by atoms with E-state index in [-0.39, 0.29) is 21.7 Å². The zero-order valence-corrected chi connectivity index (χ0v) is 12.5. The third-order valence-corrected chi connectivity index (χ3v) is 4.53. The number of aliphatic hydroxyl groups is 1. The van der Waals surface area contributed by atoms with E-state index in [9.17, 15) is 17.9 Å². The largest absolute Gasteiger partial charge is 0.392 e. The van der Waals surface area contributed by atoms with E-state index in [4.69, 9.17) is 5.26 Å². The number of anilines is 1. The topological polar surface area (TPSA) is 90.2 Å². The van der Waals surface area contributed by atoms with E-state index < -0.39 is 22.4 Å². The molecule has 114 valence electrons. The van der Waals surface area contributed by atoms with Crippen LogP contribution in [0.25, 0.3) is 0 Å². The van der Waals surface area contributed by atoms with Crippen LogP contribution in [0.2, 0.25) is 0 Å². The zero-order chi connectivity index (χ0) is 16.3. The molecule has 0 amide bonds. The van der Waals surface area contributed by atoms with Crippen LogP contribution in [0.15, 0.2) is 41.3 Å². The molecule has 0 bridgehead atoms. The number of sulfonamides is 1. The summed E-state index contributed by atoms with van der Waals surface area (Å²) in [6.45, 7) is 1.09. The van der Waals surface area contributed by atoms with Crippen molar-refractivity contribution in [3.8, 4) is 6.07 Å². The molecule has 2 N–H and O–H groups in total. The van der Waals surface area contributed by atoms with Gasteiger partial charge < -0.3 is 5.11 Å². The van der Waals surface area contributed by atoms with Gasteiger partial charge in [0.1, 0.15) is 16.8 Å². The molecule has 22 heavy (non-hydrogen) atoms. The van der Waals surface area contributed by atoms with E-state index in [0.29, 0.717) is 5.56 Å². The number of aliphatic hydroxyl groups excluding tert-OH is 1. The molecule has 0 aliphatic carbocycles. The van der Waals surface area contributed by atoms with Gasteiger partial charge in [-0.05, 0) is 24.6 Å². The Bertz CT molecular complexity index is 858. The summed E-state index contributed by atoms with van der Waals surface area (Å²) in [5, 5.41) is 18.3. The van der Waals surface area contributed by atoms with Crippen LogP contribution < -0.4 is 4.72 Å². The molecule has 0 aliphatic heterocycles. The number of para-hydroxylation sites is 1. The number of halogens is 1. The Kier molecular flexibility index (Phi) is 4.45. The molecule has 0 saturated carbocycles. The molecule has 2 rings (SSSR count). The van der Waals surface area contributed by atoms with E-state index in [1.54, 1.807) is 13.0 Å². The summed E-state index contributed by atoms with van der Waals surface area (Å²) in [6.07, 6.45) is 0. The van der Waals surface area contributed by atoms with Crippen molar-refractivity contribution in [2.75, 3.05) is 4.72 Å². The fourth-order valence-electron chi connectivity index (χ4n) is 2.01. The van der Waals surface area contributed by atoms with Gasteiger partial charge in [-0.1, -0.05) is 24.3 Å². The van der Waals surface area contributed by atoms with Crippen molar-refractivity contribution in [1.82, 2.24) is 0 Å². The fraction of sp³-hybridized carbons (Fsp3) is 0.133. The predicted octanol–water partition coefficient (Wildman–Crippen LogP) is 2.30. The van der Waals surface area contributed by atoms with Crippen LogP contribution in [0.1, 0.15) is 16.7 Å². The summed E-state index contributed by atoms with van der Waals surface area (Å²) >= 11 is 0. The number of nitrogens with one attached hydrogen (secondary N) is 1. The van der Waals surface area contributed by atoms with Gasteiger partial charge in [0.15, 0.2) is 0 Å². The summed E-state index contributed by atoms with van der Waals surface area (Å²) < 4.78 is 40.8. The maximum Gasteiger partial charge on any atom is 0.263 e. The van der Waals surface area contributed by atoms with Gasteiger partial charge in [0.2, 0.25) is 0 Å². The normalized spacial score (nSPS) is 11.0. The minimum absolute atomic E-state index is 0.00288. The van der Waals surface area contributed by atoms with Crippen LogP contribution in [0.4, 0.5) is 10.1 Å². The lowest BCUT2D eigenvalue weighted by atomic mass is 10.1. The quantitative estimate of drug-likeness (QED) is 0.904. The summed E-state index contributed by atoms with van der Waals surface area (Å²) in [5.41, 5.74) is 0.281. The highest BCUT2D eigenvalue weighted by atomic mass is 32.2. The molecular formula is C15H13FN2O3S. The van der Waals surface area contributed by atoms with Crippen molar-refractivity contribution in [3.05, 3.63) is 58.9 Å². The van der Waals surface area contributed by atoms with Crippen LogP contribution in [0.3, 0.4) is 0 Å². The zero-order valence-electron chi connectivity index (χ0n) is 11.7. The third kappa shape index (κ3) is 2.93. The number of aryl methyl sites for hydroxylation is 1.